The highest BCUT2D eigenvalue weighted by atomic mass is 35.5. The molecular weight excluding hydrogens is 411 g/mol. The molecule has 1 aliphatic rings. The van der Waals surface area contributed by atoms with Gasteiger partial charge in [-0.15, -0.1) is 24.8 Å². The highest BCUT2D eigenvalue weighted by molar-refractivity contribution is 5.95. The van der Waals surface area contributed by atoms with E-state index in [9.17, 15) is 9.59 Å². The number of carbonyl (C=O) groups excluding carboxylic acids is 2. The average Bonchev–Trinajstić information content (AvgIpc) is 2.71. The van der Waals surface area contributed by atoms with E-state index in [1.54, 1.807) is 24.3 Å². The van der Waals surface area contributed by atoms with E-state index in [-0.39, 0.29) is 36.6 Å². The van der Waals surface area contributed by atoms with E-state index in [0.29, 0.717) is 24.4 Å². The predicted molar refractivity (Wildman–Crippen MR) is 125 cm³/mol. The molecule has 1 aromatic rings. The van der Waals surface area contributed by atoms with Crippen LogP contribution >= 0.6 is 24.8 Å². The van der Waals surface area contributed by atoms with Gasteiger partial charge < -0.3 is 20.9 Å². The largest absolute Gasteiger partial charge is 0.351 e. The van der Waals surface area contributed by atoms with Crippen molar-refractivity contribution in [1.82, 2.24) is 15.5 Å². The summed E-state index contributed by atoms with van der Waals surface area (Å²) in [5.74, 6) is 0.621. The Balaban J connectivity index is 0.00000392. The minimum atomic E-state index is -0.0778. The van der Waals surface area contributed by atoms with Crippen LogP contribution in [-0.2, 0) is 4.79 Å². The van der Waals surface area contributed by atoms with Crippen LogP contribution in [0.5, 0.6) is 0 Å². The van der Waals surface area contributed by atoms with Crippen LogP contribution in [0.1, 0.15) is 49.9 Å². The van der Waals surface area contributed by atoms with E-state index in [1.165, 1.54) is 0 Å². The van der Waals surface area contributed by atoms with Crippen LogP contribution in [0.2, 0.25) is 0 Å². The Hall–Kier alpha value is -1.34. The van der Waals surface area contributed by atoms with Gasteiger partial charge in [-0.1, -0.05) is 13.8 Å². The molecule has 1 fully saturated rings. The van der Waals surface area contributed by atoms with Gasteiger partial charge in [-0.05, 0) is 75.6 Å². The molecule has 0 unspecified atom stereocenters. The van der Waals surface area contributed by atoms with E-state index in [1.807, 2.05) is 0 Å². The van der Waals surface area contributed by atoms with Crippen LogP contribution in [0.25, 0.3) is 0 Å². The molecule has 0 saturated carbocycles. The molecular formula is C21H36Cl2N4O2. The van der Waals surface area contributed by atoms with Crippen molar-refractivity contribution < 1.29 is 9.59 Å². The second-order valence-corrected chi connectivity index (χ2v) is 7.14. The molecule has 0 aliphatic carbocycles. The molecule has 1 aromatic carbocycles. The van der Waals surface area contributed by atoms with Gasteiger partial charge in [-0.3, -0.25) is 9.59 Å². The maximum atomic E-state index is 12.2. The Morgan fingerprint density at radius 1 is 1.07 bits per heavy atom. The average molecular weight is 447 g/mol. The number of anilines is 1. The highest BCUT2D eigenvalue weighted by Gasteiger charge is 2.14. The van der Waals surface area contributed by atoms with Crippen LogP contribution < -0.4 is 16.0 Å². The van der Waals surface area contributed by atoms with E-state index in [0.717, 1.165) is 57.7 Å². The minimum absolute atomic E-state index is 0. The fourth-order valence-corrected chi connectivity index (χ4v) is 3.40. The maximum Gasteiger partial charge on any atom is 0.251 e. The Labute approximate surface area is 187 Å². The van der Waals surface area contributed by atoms with Crippen molar-refractivity contribution in [2.75, 3.05) is 44.6 Å². The molecule has 6 nitrogen and oxygen atoms in total. The Bertz CT molecular complexity index is 589. The third-order valence-electron chi connectivity index (χ3n) is 5.28. The van der Waals surface area contributed by atoms with Crippen molar-refractivity contribution >= 4 is 42.3 Å². The standard InChI is InChI=1S/C21H34N4O2.2ClH/c1-3-25(4-2)16-15-23-21(27)18-6-8-19(9-7-18)24-20(26)10-5-17-11-13-22-14-12-17;;/h6-9,17,22H,3-5,10-16H2,1-2H3,(H,23,27)(H,24,26);2*1H. The first kappa shape index (κ1) is 27.7. The number of halogens is 2. The molecule has 0 radical (unpaired) electrons. The van der Waals surface area contributed by atoms with Crippen LogP contribution in [0.4, 0.5) is 5.69 Å². The number of carbonyl (C=O) groups is 2. The molecule has 2 rings (SSSR count). The number of nitrogens with zero attached hydrogens (tertiary/aromatic N) is 1. The first-order chi connectivity index (χ1) is 13.1. The molecule has 3 N–H and O–H groups in total. The molecule has 0 bridgehead atoms. The number of nitrogens with one attached hydrogen (secondary N) is 3. The lowest BCUT2D eigenvalue weighted by Crippen LogP contribution is -2.34. The third kappa shape index (κ3) is 10.3. The predicted octanol–water partition coefficient (Wildman–Crippen LogP) is 3.32. The number of piperidine rings is 1. The summed E-state index contributed by atoms with van der Waals surface area (Å²) in [6.45, 7) is 9.81. The number of rotatable bonds is 10. The summed E-state index contributed by atoms with van der Waals surface area (Å²) < 4.78 is 0. The summed E-state index contributed by atoms with van der Waals surface area (Å²) in [6, 6.07) is 7.10. The summed E-state index contributed by atoms with van der Waals surface area (Å²) >= 11 is 0. The number of hydrogen-bond donors (Lipinski definition) is 3. The van der Waals surface area contributed by atoms with Gasteiger partial charge in [0.15, 0.2) is 0 Å². The Kier molecular flexibility index (Phi) is 14.8. The van der Waals surface area contributed by atoms with Crippen LogP contribution in [0.3, 0.4) is 0 Å². The summed E-state index contributed by atoms with van der Waals surface area (Å²) in [7, 11) is 0. The zero-order valence-electron chi connectivity index (χ0n) is 17.5. The Morgan fingerprint density at radius 3 is 2.28 bits per heavy atom. The minimum Gasteiger partial charge on any atom is -0.351 e. The van der Waals surface area contributed by atoms with Gasteiger partial charge in [0.25, 0.3) is 5.91 Å². The molecule has 1 heterocycles. The second kappa shape index (κ2) is 15.5. The lowest BCUT2D eigenvalue weighted by molar-refractivity contribution is -0.116. The first-order valence-electron chi connectivity index (χ1n) is 10.2. The molecule has 1 saturated heterocycles. The first-order valence-corrected chi connectivity index (χ1v) is 10.2. The zero-order valence-corrected chi connectivity index (χ0v) is 19.2. The normalized spacial score (nSPS) is 13.9. The number of hydrogen-bond acceptors (Lipinski definition) is 4. The lowest BCUT2D eigenvalue weighted by Gasteiger charge is -2.22. The van der Waals surface area contributed by atoms with Gasteiger partial charge in [-0.2, -0.15) is 0 Å². The van der Waals surface area contributed by atoms with Crippen molar-refractivity contribution in [2.24, 2.45) is 5.92 Å². The summed E-state index contributed by atoms with van der Waals surface area (Å²) in [4.78, 5) is 26.6. The molecule has 8 heteroatoms. The lowest BCUT2D eigenvalue weighted by atomic mass is 9.93. The van der Waals surface area contributed by atoms with Gasteiger partial charge >= 0.3 is 0 Å². The fraction of sp³-hybridized carbons (Fsp3) is 0.619. The molecule has 0 aromatic heterocycles. The highest BCUT2D eigenvalue weighted by Crippen LogP contribution is 2.18. The smallest absolute Gasteiger partial charge is 0.251 e. The maximum absolute atomic E-state index is 12.2. The number of likely N-dealkylation sites (N-methyl/N-ethyl adjacent to an activating group) is 1. The zero-order chi connectivity index (χ0) is 19.5. The van der Waals surface area contributed by atoms with Gasteiger partial charge in [-0.25, -0.2) is 0 Å². The molecule has 0 atom stereocenters. The fourth-order valence-electron chi connectivity index (χ4n) is 3.40. The van der Waals surface area contributed by atoms with Crippen molar-refractivity contribution in [3.05, 3.63) is 29.8 Å². The topological polar surface area (TPSA) is 73.5 Å². The van der Waals surface area contributed by atoms with Gasteiger partial charge in [0.2, 0.25) is 5.91 Å². The molecule has 166 valence electrons. The third-order valence-corrected chi connectivity index (χ3v) is 5.28. The van der Waals surface area contributed by atoms with Gasteiger partial charge in [0.1, 0.15) is 0 Å². The van der Waals surface area contributed by atoms with Gasteiger partial charge in [0.05, 0.1) is 0 Å². The van der Waals surface area contributed by atoms with Crippen LogP contribution in [0, 0.1) is 5.92 Å². The molecule has 0 spiro atoms. The quantitative estimate of drug-likeness (QED) is 0.515. The van der Waals surface area contributed by atoms with E-state index >= 15 is 0 Å². The van der Waals surface area contributed by atoms with Crippen molar-refractivity contribution in [2.45, 2.75) is 39.5 Å². The molecule has 1 aliphatic heterocycles. The van der Waals surface area contributed by atoms with E-state index in [2.05, 4.69) is 34.7 Å². The monoisotopic (exact) mass is 446 g/mol. The molecule has 29 heavy (non-hydrogen) atoms. The molecule has 2 amide bonds. The van der Waals surface area contributed by atoms with Crippen LogP contribution in [-0.4, -0.2) is 56.0 Å². The van der Waals surface area contributed by atoms with Crippen molar-refractivity contribution in [3.63, 3.8) is 0 Å². The SMILES string of the molecule is CCN(CC)CCNC(=O)c1ccc(NC(=O)CCC2CCNCC2)cc1.Cl.Cl. The number of amides is 2. The van der Waals surface area contributed by atoms with E-state index in [4.69, 9.17) is 0 Å². The van der Waals surface area contributed by atoms with Gasteiger partial charge in [0, 0.05) is 30.8 Å². The van der Waals surface area contributed by atoms with E-state index < -0.39 is 0 Å². The summed E-state index contributed by atoms with van der Waals surface area (Å²) in [5.41, 5.74) is 1.35. The summed E-state index contributed by atoms with van der Waals surface area (Å²) in [5, 5.41) is 9.21. The number of benzene rings is 1. The second-order valence-electron chi connectivity index (χ2n) is 7.14. The Morgan fingerprint density at radius 2 is 1.69 bits per heavy atom. The van der Waals surface area contributed by atoms with Crippen molar-refractivity contribution in [1.29, 1.82) is 0 Å². The van der Waals surface area contributed by atoms with Crippen molar-refractivity contribution in [3.8, 4) is 0 Å². The van der Waals surface area contributed by atoms with Crippen LogP contribution in [0.15, 0.2) is 24.3 Å². The summed E-state index contributed by atoms with van der Waals surface area (Å²) in [6.07, 6.45) is 3.82.